The molecule has 228 valence electrons. The number of primary amides is 1. The Morgan fingerprint density at radius 2 is 1.77 bits per heavy atom. The van der Waals surface area contributed by atoms with Crippen molar-refractivity contribution in [2.75, 3.05) is 6.54 Å². The molecular formula is C31H32Cl2FN3O5S. The number of carbonyl (C=O) groups excluding carboxylic acids is 2. The minimum atomic E-state index is -4.05. The first-order chi connectivity index (χ1) is 20.5. The highest BCUT2D eigenvalue weighted by molar-refractivity contribution is 7.90. The quantitative estimate of drug-likeness (QED) is 0.289. The normalized spacial score (nSPS) is 22.3. The lowest BCUT2D eigenvalue weighted by atomic mass is 9.89. The van der Waals surface area contributed by atoms with Crippen LogP contribution >= 0.6 is 23.2 Å². The van der Waals surface area contributed by atoms with E-state index in [9.17, 15) is 22.4 Å². The van der Waals surface area contributed by atoms with Gasteiger partial charge in [0.1, 0.15) is 22.8 Å². The van der Waals surface area contributed by atoms with Gasteiger partial charge in [-0.15, -0.1) is 0 Å². The van der Waals surface area contributed by atoms with E-state index < -0.39 is 56.7 Å². The summed E-state index contributed by atoms with van der Waals surface area (Å²) in [5.74, 6) is -1.80. The van der Waals surface area contributed by atoms with Gasteiger partial charge in [-0.1, -0.05) is 72.6 Å². The third-order valence-electron chi connectivity index (χ3n) is 8.16. The molecule has 1 heterocycles. The first-order valence-corrected chi connectivity index (χ1v) is 16.2. The molecule has 1 saturated carbocycles. The Morgan fingerprint density at radius 1 is 1.07 bits per heavy atom. The van der Waals surface area contributed by atoms with Gasteiger partial charge in [0.2, 0.25) is 15.9 Å². The van der Waals surface area contributed by atoms with Crippen LogP contribution < -0.4 is 10.5 Å². The molecule has 5 rings (SSSR count). The highest BCUT2D eigenvalue weighted by atomic mass is 35.5. The van der Waals surface area contributed by atoms with Crippen LogP contribution in [-0.4, -0.2) is 43.8 Å². The Kier molecular flexibility index (Phi) is 9.15. The third kappa shape index (κ3) is 6.30. The Morgan fingerprint density at radius 3 is 2.37 bits per heavy atom. The smallest absolute Gasteiger partial charge is 0.253 e. The van der Waals surface area contributed by atoms with E-state index in [1.165, 1.54) is 18.2 Å². The summed E-state index contributed by atoms with van der Waals surface area (Å²) < 4.78 is 49.7. The van der Waals surface area contributed by atoms with E-state index in [-0.39, 0.29) is 31.4 Å². The van der Waals surface area contributed by atoms with Crippen molar-refractivity contribution >= 4 is 45.0 Å². The molecule has 1 saturated heterocycles. The van der Waals surface area contributed by atoms with Crippen molar-refractivity contribution in [1.82, 2.24) is 9.62 Å². The molecule has 8 nitrogen and oxygen atoms in total. The predicted molar refractivity (Wildman–Crippen MR) is 162 cm³/mol. The van der Waals surface area contributed by atoms with E-state index >= 15 is 0 Å². The van der Waals surface area contributed by atoms with E-state index in [4.69, 9.17) is 33.7 Å². The van der Waals surface area contributed by atoms with Crippen molar-refractivity contribution in [3.63, 3.8) is 0 Å². The SMILES string of the molecule is CC[C@@H](CNS(=O)(=O)C1(c2ccccc2F)CC1)N1C(=O)[C@@H](CC(N)=O)O[C@H](c2cccc(Cl)c2)[C@H]1c1ccc(Cl)cc1. The van der Waals surface area contributed by atoms with Gasteiger partial charge in [0, 0.05) is 28.2 Å². The van der Waals surface area contributed by atoms with Crippen LogP contribution in [0.3, 0.4) is 0 Å². The molecule has 0 unspecified atom stereocenters. The number of amides is 2. The van der Waals surface area contributed by atoms with Crippen LogP contribution in [0, 0.1) is 5.82 Å². The maximum absolute atomic E-state index is 14.7. The van der Waals surface area contributed by atoms with Gasteiger partial charge in [0.15, 0.2) is 0 Å². The van der Waals surface area contributed by atoms with Crippen molar-refractivity contribution in [2.24, 2.45) is 5.73 Å². The number of rotatable bonds is 11. The van der Waals surface area contributed by atoms with Crippen LogP contribution in [0.5, 0.6) is 0 Å². The van der Waals surface area contributed by atoms with Gasteiger partial charge in [-0.2, -0.15) is 0 Å². The van der Waals surface area contributed by atoms with Gasteiger partial charge in [-0.05, 0) is 60.7 Å². The van der Waals surface area contributed by atoms with Crippen LogP contribution in [0.2, 0.25) is 10.0 Å². The Labute approximate surface area is 260 Å². The second kappa shape index (κ2) is 12.5. The van der Waals surface area contributed by atoms with E-state index in [1.54, 1.807) is 53.4 Å². The number of ether oxygens (including phenoxy) is 1. The van der Waals surface area contributed by atoms with Gasteiger partial charge in [0.25, 0.3) is 5.91 Å². The third-order valence-corrected chi connectivity index (χ3v) is 10.9. The van der Waals surface area contributed by atoms with Crippen molar-refractivity contribution < 1.29 is 27.1 Å². The minimum Gasteiger partial charge on any atom is -0.370 e. The number of hydrogen-bond acceptors (Lipinski definition) is 5. The summed E-state index contributed by atoms with van der Waals surface area (Å²) in [4.78, 5) is 27.6. The molecule has 12 heteroatoms. The molecule has 1 aliphatic carbocycles. The molecule has 0 radical (unpaired) electrons. The molecule has 2 fully saturated rings. The largest absolute Gasteiger partial charge is 0.370 e. The average Bonchev–Trinajstić information content (AvgIpc) is 3.78. The van der Waals surface area contributed by atoms with Crippen LogP contribution in [-0.2, 0) is 29.1 Å². The second-order valence-corrected chi connectivity index (χ2v) is 13.9. The van der Waals surface area contributed by atoms with Crippen LogP contribution in [0.4, 0.5) is 4.39 Å². The lowest BCUT2D eigenvalue weighted by molar-refractivity contribution is -0.181. The number of hydrogen-bond donors (Lipinski definition) is 2. The zero-order chi connectivity index (χ0) is 30.9. The van der Waals surface area contributed by atoms with Crippen molar-refractivity contribution in [3.05, 3.63) is 105 Å². The van der Waals surface area contributed by atoms with E-state index in [2.05, 4.69) is 4.72 Å². The number of halogens is 3. The summed E-state index contributed by atoms with van der Waals surface area (Å²) in [6, 6.07) is 18.4. The maximum Gasteiger partial charge on any atom is 0.253 e. The van der Waals surface area contributed by atoms with Crippen molar-refractivity contribution in [1.29, 1.82) is 0 Å². The highest BCUT2D eigenvalue weighted by Crippen LogP contribution is 2.53. The fourth-order valence-corrected chi connectivity index (χ4v) is 7.94. The summed E-state index contributed by atoms with van der Waals surface area (Å²) in [5, 5.41) is 0.945. The van der Waals surface area contributed by atoms with Gasteiger partial charge in [0.05, 0.1) is 12.5 Å². The van der Waals surface area contributed by atoms with E-state index in [0.29, 0.717) is 27.6 Å². The molecule has 3 aromatic carbocycles. The number of carbonyl (C=O) groups is 2. The standard InChI is InChI=1S/C31H32Cl2FN3O5S/c1-2-23(18-36-43(40,41)31(14-15-31)24-8-3-4-9-25(24)34)37-28(19-10-12-21(32)13-11-19)29(20-6-5-7-22(33)16-20)42-26(30(37)39)17-27(35)38/h3-13,16,23,26,28-29,36H,2,14-15,17-18H2,1H3,(H2,35,38)/t23-,26+,28+,29+/m0/s1. The first-order valence-electron chi connectivity index (χ1n) is 14.0. The van der Waals surface area contributed by atoms with Crippen LogP contribution in [0.1, 0.15) is 61.4 Å². The summed E-state index contributed by atoms with van der Waals surface area (Å²) in [6.45, 7) is 1.69. The molecule has 0 bridgehead atoms. The van der Waals surface area contributed by atoms with Crippen molar-refractivity contribution in [2.45, 2.75) is 61.6 Å². The highest BCUT2D eigenvalue weighted by Gasteiger charge is 2.57. The fourth-order valence-electron chi connectivity index (χ4n) is 5.83. The minimum absolute atomic E-state index is 0.125. The van der Waals surface area contributed by atoms with Gasteiger partial charge in [-0.3, -0.25) is 9.59 Å². The molecule has 3 N–H and O–H groups in total. The van der Waals surface area contributed by atoms with Gasteiger partial charge in [-0.25, -0.2) is 17.5 Å². The number of benzene rings is 3. The summed E-state index contributed by atoms with van der Waals surface area (Å²) in [6.07, 6.45) is -1.43. The first kappa shape index (κ1) is 31.4. The molecular weight excluding hydrogens is 616 g/mol. The number of morpholine rings is 1. The number of nitrogens with one attached hydrogen (secondary N) is 1. The Bertz CT molecular complexity index is 1620. The van der Waals surface area contributed by atoms with Crippen molar-refractivity contribution in [3.8, 4) is 0 Å². The second-order valence-electron chi connectivity index (χ2n) is 10.9. The molecule has 0 aromatic heterocycles. The molecule has 3 aromatic rings. The van der Waals surface area contributed by atoms with Gasteiger partial charge >= 0.3 is 0 Å². The molecule has 1 aliphatic heterocycles. The van der Waals surface area contributed by atoms with Crippen LogP contribution in [0.15, 0.2) is 72.8 Å². The maximum atomic E-state index is 14.7. The molecule has 0 spiro atoms. The lowest BCUT2D eigenvalue weighted by Crippen LogP contribution is -2.58. The zero-order valence-electron chi connectivity index (χ0n) is 23.4. The number of nitrogens with two attached hydrogens (primary N) is 1. The predicted octanol–water partition coefficient (Wildman–Crippen LogP) is 5.41. The molecule has 2 amide bonds. The lowest BCUT2D eigenvalue weighted by Gasteiger charge is -2.48. The molecule has 43 heavy (non-hydrogen) atoms. The Hall–Kier alpha value is -3.02. The molecule has 2 aliphatic rings. The average molecular weight is 649 g/mol. The summed E-state index contributed by atoms with van der Waals surface area (Å²) in [7, 11) is -4.05. The summed E-state index contributed by atoms with van der Waals surface area (Å²) in [5.41, 5.74) is 6.97. The number of nitrogens with zero attached hydrogens (tertiary/aromatic N) is 1. The Balaban J connectivity index is 1.54. The van der Waals surface area contributed by atoms with E-state index in [1.807, 2.05) is 13.0 Å². The zero-order valence-corrected chi connectivity index (χ0v) is 25.7. The summed E-state index contributed by atoms with van der Waals surface area (Å²) >= 11 is 12.5. The topological polar surface area (TPSA) is 119 Å². The van der Waals surface area contributed by atoms with E-state index in [0.717, 1.165) is 0 Å². The number of sulfonamides is 1. The monoisotopic (exact) mass is 647 g/mol. The molecule has 4 atom stereocenters. The van der Waals surface area contributed by atoms with Gasteiger partial charge < -0.3 is 15.4 Å². The fraction of sp³-hybridized carbons (Fsp3) is 0.355. The van der Waals surface area contributed by atoms with Crippen LogP contribution in [0.25, 0.3) is 0 Å².